The number of aryl methyl sites for hydroxylation is 2. The van der Waals surface area contributed by atoms with E-state index in [0.717, 1.165) is 40.8 Å². The topological polar surface area (TPSA) is 304 Å². The Morgan fingerprint density at radius 1 is 0.940 bits per heavy atom. The van der Waals surface area contributed by atoms with Gasteiger partial charge in [-0.05, 0) is 62.6 Å². The minimum atomic E-state index is -1.30. The number of carbonyl (C=O) groups is 3. The highest BCUT2D eigenvalue weighted by atomic mass is 32.1. The maximum atomic E-state index is 12.5. The van der Waals surface area contributed by atoms with Crippen molar-refractivity contribution >= 4 is 46.8 Å². The molecule has 6 atom stereocenters. The van der Waals surface area contributed by atoms with Gasteiger partial charge in [-0.2, -0.15) is 9.97 Å². The summed E-state index contributed by atoms with van der Waals surface area (Å²) < 4.78 is 6.53. The lowest BCUT2D eigenvalue weighted by Gasteiger charge is -2.24. The van der Waals surface area contributed by atoms with Crippen LogP contribution in [0.3, 0.4) is 0 Å². The Balaban J connectivity index is 0.000000293. The van der Waals surface area contributed by atoms with Crippen LogP contribution in [0.15, 0.2) is 27.9 Å². The van der Waals surface area contributed by atoms with Crippen molar-refractivity contribution in [1.29, 1.82) is 0 Å². The SMILES string of the molecule is CCCCCCCCCCCCCCCCCCNc1ccn([C@@H]2O[C@H](CO)[C@@H](O)[C@@H]2O)c(=O)n1.Cc1cc(C(=O)N[C@@H](CCC(=O)O)C(=O)O)sc1CCC1CNc2nc(N)[nH]c(=O)c2C1. The van der Waals surface area contributed by atoms with Crippen LogP contribution in [-0.4, -0.2) is 107 Å². The lowest BCUT2D eigenvalue weighted by atomic mass is 9.92. The number of aliphatic hydroxyl groups excluding tert-OH is 3. The van der Waals surface area contributed by atoms with Gasteiger partial charge in [-0.1, -0.05) is 103 Å². The Morgan fingerprint density at radius 3 is 2.13 bits per heavy atom. The number of carboxylic acid groups (broad SMARTS) is 2. The van der Waals surface area contributed by atoms with Crippen LogP contribution in [0.2, 0.25) is 0 Å². The minimum Gasteiger partial charge on any atom is -0.481 e. The highest BCUT2D eigenvalue weighted by molar-refractivity contribution is 7.14. The van der Waals surface area contributed by atoms with Gasteiger partial charge in [-0.3, -0.25) is 23.9 Å². The molecule has 3 aromatic heterocycles. The molecule has 5 rings (SSSR count). The number of aliphatic carboxylic acids is 2. The van der Waals surface area contributed by atoms with Crippen LogP contribution in [0.5, 0.6) is 0 Å². The number of ether oxygens (including phenoxy) is 1. The molecule has 0 spiro atoms. The number of anilines is 3. The van der Waals surface area contributed by atoms with E-state index in [1.54, 1.807) is 12.1 Å². The Hall–Kier alpha value is -4.89. The van der Waals surface area contributed by atoms with Crippen molar-refractivity contribution in [3.8, 4) is 0 Å². The molecule has 0 aliphatic carbocycles. The van der Waals surface area contributed by atoms with Crippen LogP contribution in [0, 0.1) is 12.8 Å². The van der Waals surface area contributed by atoms with Gasteiger partial charge >= 0.3 is 17.6 Å². The summed E-state index contributed by atoms with van der Waals surface area (Å²) in [6.07, 6.45) is 19.8. The summed E-state index contributed by atoms with van der Waals surface area (Å²) in [5, 5.41) is 55.8. The number of aliphatic hydroxyl groups is 3. The van der Waals surface area contributed by atoms with Crippen molar-refractivity contribution in [3.63, 3.8) is 0 Å². The number of carboxylic acids is 2. The van der Waals surface area contributed by atoms with E-state index >= 15 is 0 Å². The molecular weight excluding hydrogens is 885 g/mol. The molecule has 374 valence electrons. The normalized spacial score (nSPS) is 19.1. The van der Waals surface area contributed by atoms with Crippen molar-refractivity contribution < 1.29 is 44.7 Å². The molecule has 0 saturated carbocycles. The molecule has 19 nitrogen and oxygen atoms in total. The molecule has 11 N–H and O–H groups in total. The molecule has 0 aromatic carbocycles. The van der Waals surface area contributed by atoms with Gasteiger partial charge in [0.25, 0.3) is 11.5 Å². The number of aromatic amines is 1. The number of nitrogens with one attached hydrogen (secondary N) is 4. The highest BCUT2D eigenvalue weighted by Crippen LogP contribution is 2.29. The molecule has 0 bridgehead atoms. The molecule has 2 aliphatic rings. The molecule has 3 aromatic rings. The zero-order valence-corrected chi connectivity index (χ0v) is 40.0. The van der Waals surface area contributed by atoms with E-state index in [0.29, 0.717) is 41.5 Å². The summed E-state index contributed by atoms with van der Waals surface area (Å²) in [5.74, 6) is -1.65. The fourth-order valence-electron chi connectivity index (χ4n) is 8.33. The van der Waals surface area contributed by atoms with Crippen molar-refractivity contribution in [2.45, 2.75) is 179 Å². The fraction of sp³-hybridized carbons (Fsp3) is 0.681. The third-order valence-corrected chi connectivity index (χ3v) is 13.6. The molecule has 67 heavy (non-hydrogen) atoms. The quantitative estimate of drug-likeness (QED) is 0.0383. The number of rotatable bonds is 29. The van der Waals surface area contributed by atoms with Crippen LogP contribution >= 0.6 is 11.3 Å². The number of unbranched alkanes of at least 4 members (excludes halogenated alkanes) is 15. The monoisotopic (exact) mass is 959 g/mol. The van der Waals surface area contributed by atoms with Crippen LogP contribution in [0.25, 0.3) is 0 Å². The second kappa shape index (κ2) is 29.1. The van der Waals surface area contributed by atoms with Crippen molar-refractivity contribution in [3.05, 3.63) is 60.0 Å². The summed E-state index contributed by atoms with van der Waals surface area (Å²) in [7, 11) is 0. The van der Waals surface area contributed by atoms with Crippen LogP contribution in [0.1, 0.15) is 161 Å². The molecule has 2 aliphatic heterocycles. The summed E-state index contributed by atoms with van der Waals surface area (Å²) in [6, 6.07) is 2.10. The number of hydrogen-bond acceptors (Lipinski definition) is 15. The predicted octanol–water partition coefficient (Wildman–Crippen LogP) is 5.52. The highest BCUT2D eigenvalue weighted by Gasteiger charge is 2.43. The van der Waals surface area contributed by atoms with Gasteiger partial charge in [0.2, 0.25) is 5.95 Å². The van der Waals surface area contributed by atoms with Crippen LogP contribution in [-0.2, 0) is 27.2 Å². The molecule has 20 heteroatoms. The number of aromatic nitrogens is 4. The number of carbonyl (C=O) groups excluding carboxylic acids is 1. The van der Waals surface area contributed by atoms with Gasteiger partial charge in [0, 0.05) is 30.6 Å². The van der Waals surface area contributed by atoms with Gasteiger partial charge in [-0.15, -0.1) is 11.3 Å². The van der Waals surface area contributed by atoms with E-state index in [9.17, 15) is 44.4 Å². The predicted molar refractivity (Wildman–Crippen MR) is 258 cm³/mol. The van der Waals surface area contributed by atoms with Gasteiger partial charge in [0.05, 0.1) is 17.0 Å². The van der Waals surface area contributed by atoms with E-state index in [2.05, 4.69) is 37.8 Å². The summed E-state index contributed by atoms with van der Waals surface area (Å²) >= 11 is 1.29. The average Bonchev–Trinajstić information content (AvgIpc) is 3.82. The number of H-pyrrole nitrogens is 1. The van der Waals surface area contributed by atoms with E-state index < -0.39 is 60.7 Å². The second-order valence-corrected chi connectivity index (χ2v) is 18.9. The molecular formula is C47H74N8O11S. The number of amides is 1. The van der Waals surface area contributed by atoms with Crippen molar-refractivity contribution in [2.24, 2.45) is 5.92 Å². The maximum Gasteiger partial charge on any atom is 0.351 e. The maximum absolute atomic E-state index is 12.5. The zero-order valence-electron chi connectivity index (χ0n) is 39.2. The molecule has 1 unspecified atom stereocenters. The lowest BCUT2D eigenvalue weighted by molar-refractivity contribution is -0.140. The number of hydrogen-bond donors (Lipinski definition) is 10. The van der Waals surface area contributed by atoms with E-state index in [1.807, 2.05) is 6.92 Å². The Bertz CT molecular complexity index is 2110. The van der Waals surface area contributed by atoms with E-state index in [1.165, 1.54) is 107 Å². The van der Waals surface area contributed by atoms with Gasteiger partial charge in [0.1, 0.15) is 36.0 Å². The summed E-state index contributed by atoms with van der Waals surface area (Å²) in [5.41, 5.74) is 6.27. The number of nitrogens with two attached hydrogens (primary N) is 1. The van der Waals surface area contributed by atoms with Crippen LogP contribution < -0.4 is 32.9 Å². The molecule has 5 heterocycles. The van der Waals surface area contributed by atoms with Gasteiger partial charge < -0.3 is 52.0 Å². The van der Waals surface area contributed by atoms with Gasteiger partial charge in [-0.25, -0.2) is 9.59 Å². The second-order valence-electron chi connectivity index (χ2n) is 17.7. The molecule has 1 amide bonds. The standard InChI is InChI=1S/C27H49N3O5.C20H25N5O6S/c1-2-3-4-5-6-7-8-9-10-11-12-13-14-15-16-17-19-28-23-18-20-30(27(34)29-23)26-25(33)24(32)22(21-31)35-26;1-9-6-14(18(29)23-12(19(30)31)3-5-15(26)27)32-13(9)4-2-10-7-11-16(22-8-10)24-20(21)25-17(11)28/h18,20,22,24-26,31-33H,2-17,19,21H2,1H3,(H,28,29,34);6,10,12H,2-5,7-8H2,1H3,(H,23,29)(H,26,27)(H,30,31)(H4,21,22,24,25,28)/t22-,24-,25+,26-;10?,12-/m10/s1. The van der Waals surface area contributed by atoms with Crippen molar-refractivity contribution in [1.82, 2.24) is 24.8 Å². The Morgan fingerprint density at radius 2 is 1.57 bits per heavy atom. The first-order valence-corrected chi connectivity index (χ1v) is 25.0. The number of nitrogens with zero attached hydrogens (tertiary/aromatic N) is 3. The summed E-state index contributed by atoms with van der Waals surface area (Å²) in [4.78, 5) is 71.0. The van der Waals surface area contributed by atoms with E-state index in [4.69, 9.17) is 15.6 Å². The van der Waals surface area contributed by atoms with Crippen molar-refractivity contribution in [2.75, 3.05) is 36.1 Å². The minimum absolute atomic E-state index is 0.0767. The fourth-order valence-corrected chi connectivity index (χ4v) is 9.42. The lowest BCUT2D eigenvalue weighted by Crippen LogP contribution is -2.40. The first-order chi connectivity index (χ1) is 32.2. The molecule has 0 radical (unpaired) electrons. The third kappa shape index (κ3) is 18.3. The first kappa shape index (κ1) is 54.7. The molecule has 1 fully saturated rings. The largest absolute Gasteiger partial charge is 0.481 e. The Labute approximate surface area is 396 Å². The van der Waals surface area contributed by atoms with E-state index in [-0.39, 0.29) is 30.3 Å². The molecule has 1 saturated heterocycles. The van der Waals surface area contributed by atoms with Crippen LogP contribution in [0.4, 0.5) is 17.6 Å². The average molecular weight is 959 g/mol. The smallest absolute Gasteiger partial charge is 0.351 e. The Kier molecular flexibility index (Phi) is 23.8. The number of thiophene rings is 1. The summed E-state index contributed by atoms with van der Waals surface area (Å²) in [6.45, 7) is 5.13. The number of fused-ring (bicyclic) bond motifs is 1. The third-order valence-electron chi connectivity index (χ3n) is 12.3. The zero-order chi connectivity index (χ0) is 48.7. The first-order valence-electron chi connectivity index (χ1n) is 24.1. The number of nitrogen functional groups attached to an aromatic ring is 1. The van der Waals surface area contributed by atoms with Gasteiger partial charge in [0.15, 0.2) is 6.23 Å².